The van der Waals surface area contributed by atoms with Gasteiger partial charge in [-0.05, 0) is 56.7 Å². The number of nitrogen functional groups attached to an aromatic ring is 1. The predicted molar refractivity (Wildman–Crippen MR) is 150 cm³/mol. The Morgan fingerprint density at radius 1 is 1.05 bits per heavy atom. The number of amides is 1. The molecule has 1 aromatic heterocycles. The van der Waals surface area contributed by atoms with Crippen molar-refractivity contribution in [1.82, 2.24) is 9.88 Å². The lowest BCUT2D eigenvalue weighted by Gasteiger charge is -2.34. The van der Waals surface area contributed by atoms with Gasteiger partial charge in [0.2, 0.25) is 0 Å². The van der Waals surface area contributed by atoms with Crippen LogP contribution in [0, 0.1) is 5.92 Å². The Morgan fingerprint density at radius 3 is 2.27 bits per heavy atom. The van der Waals surface area contributed by atoms with Gasteiger partial charge in [-0.1, -0.05) is 60.7 Å². The minimum atomic E-state index is -0.491. The van der Waals surface area contributed by atoms with E-state index in [9.17, 15) is 4.79 Å². The van der Waals surface area contributed by atoms with E-state index in [2.05, 4.69) is 63.7 Å². The number of ether oxygens (including phenoxy) is 1. The molecule has 196 valence electrons. The van der Waals surface area contributed by atoms with E-state index in [1.54, 1.807) is 0 Å². The first-order valence-electron chi connectivity index (χ1n) is 13.1. The van der Waals surface area contributed by atoms with E-state index in [4.69, 9.17) is 10.5 Å². The van der Waals surface area contributed by atoms with Gasteiger partial charge in [-0.2, -0.15) is 0 Å². The third-order valence-electron chi connectivity index (χ3n) is 6.45. The molecule has 0 spiro atoms. The van der Waals surface area contributed by atoms with Gasteiger partial charge in [0.15, 0.2) is 5.82 Å². The third kappa shape index (κ3) is 7.62. The summed E-state index contributed by atoms with van der Waals surface area (Å²) in [6.07, 6.45) is 3.59. The van der Waals surface area contributed by atoms with Gasteiger partial charge >= 0.3 is 6.09 Å². The molecule has 1 aliphatic rings. The number of hydrogen-bond acceptors (Lipinski definition) is 6. The molecule has 0 aliphatic carbocycles. The number of piperidine rings is 1. The Balaban J connectivity index is 1.46. The maximum atomic E-state index is 12.6. The Hall–Kier alpha value is -3.74. The number of benzene rings is 2. The van der Waals surface area contributed by atoms with Crippen LogP contribution in [0.25, 0.3) is 0 Å². The highest BCUT2D eigenvalue weighted by Gasteiger charge is 2.27. The molecule has 0 bridgehead atoms. The molecule has 1 aliphatic heterocycles. The zero-order chi connectivity index (χ0) is 26.3. The molecule has 1 saturated heterocycles. The van der Waals surface area contributed by atoms with Gasteiger partial charge in [-0.15, -0.1) is 0 Å². The molecule has 4 rings (SSSR count). The summed E-state index contributed by atoms with van der Waals surface area (Å²) in [5.41, 5.74) is 10.1. The van der Waals surface area contributed by atoms with E-state index >= 15 is 0 Å². The summed E-state index contributed by atoms with van der Waals surface area (Å²) < 4.78 is 5.58. The molecule has 0 radical (unpaired) electrons. The summed E-state index contributed by atoms with van der Waals surface area (Å²) in [4.78, 5) is 21.3. The van der Waals surface area contributed by atoms with Crippen molar-refractivity contribution in [3.8, 4) is 0 Å². The second kappa shape index (κ2) is 12.0. The number of anilines is 3. The maximum absolute atomic E-state index is 12.6. The van der Waals surface area contributed by atoms with Crippen LogP contribution in [0.3, 0.4) is 0 Å². The van der Waals surface area contributed by atoms with Crippen LogP contribution in [-0.4, -0.2) is 41.2 Å². The van der Waals surface area contributed by atoms with Crippen molar-refractivity contribution in [1.29, 1.82) is 0 Å². The van der Waals surface area contributed by atoms with Crippen molar-refractivity contribution in [3.05, 3.63) is 84.1 Å². The minimum absolute atomic E-state index is 0.236. The number of hydrogen-bond donors (Lipinski definition) is 2. The van der Waals surface area contributed by atoms with Gasteiger partial charge in [0.25, 0.3) is 0 Å². The lowest BCUT2D eigenvalue weighted by atomic mass is 9.98. The third-order valence-corrected chi connectivity index (χ3v) is 6.45. The largest absolute Gasteiger partial charge is 0.444 e. The average Bonchev–Trinajstić information content (AvgIpc) is 2.88. The van der Waals surface area contributed by atoms with Crippen molar-refractivity contribution in [2.24, 2.45) is 5.92 Å². The smallest absolute Gasteiger partial charge is 0.410 e. The topological polar surface area (TPSA) is 83.7 Å². The number of nitrogens with zero attached hydrogens (tertiary/aromatic N) is 3. The van der Waals surface area contributed by atoms with Crippen LogP contribution in [0.2, 0.25) is 0 Å². The number of aromatic nitrogens is 1. The standard InChI is InChI=1S/C30H39N5O2/c1-30(2,3)37-29(36)34-18-10-15-25(22-34)19-33-26-16-17-32-28(27(26)31)35(20-23-11-6-4-7-12-23)21-24-13-8-5-9-14-24/h4-9,11-14,16-17,25H,10,15,18-22,31H2,1-3H3,(H,32,33). The first-order chi connectivity index (χ1) is 17.8. The summed E-state index contributed by atoms with van der Waals surface area (Å²) in [5.74, 6) is 1.08. The van der Waals surface area contributed by atoms with Crippen molar-refractivity contribution in [2.45, 2.75) is 52.3 Å². The number of nitrogens with two attached hydrogens (primary N) is 1. The van der Waals surface area contributed by atoms with Crippen LogP contribution >= 0.6 is 0 Å². The van der Waals surface area contributed by atoms with E-state index in [0.29, 0.717) is 31.2 Å². The monoisotopic (exact) mass is 501 g/mol. The SMILES string of the molecule is CC(C)(C)OC(=O)N1CCCC(CNc2ccnc(N(Cc3ccccc3)Cc3ccccc3)c2N)C1. The highest BCUT2D eigenvalue weighted by molar-refractivity contribution is 5.78. The van der Waals surface area contributed by atoms with Crippen LogP contribution in [0.15, 0.2) is 72.9 Å². The molecule has 37 heavy (non-hydrogen) atoms. The lowest BCUT2D eigenvalue weighted by Crippen LogP contribution is -2.44. The van der Waals surface area contributed by atoms with Crippen molar-refractivity contribution < 1.29 is 9.53 Å². The van der Waals surface area contributed by atoms with Crippen molar-refractivity contribution >= 4 is 23.3 Å². The normalized spacial score (nSPS) is 15.8. The van der Waals surface area contributed by atoms with Gasteiger partial charge < -0.3 is 25.6 Å². The summed E-state index contributed by atoms with van der Waals surface area (Å²) >= 11 is 0. The fourth-order valence-corrected chi connectivity index (χ4v) is 4.66. The van der Waals surface area contributed by atoms with Crippen LogP contribution in [0.4, 0.5) is 22.0 Å². The molecule has 3 N–H and O–H groups in total. The molecule has 1 amide bonds. The number of pyridine rings is 1. The summed E-state index contributed by atoms with van der Waals surface area (Å²) in [5, 5.41) is 3.54. The highest BCUT2D eigenvalue weighted by Crippen LogP contribution is 2.31. The highest BCUT2D eigenvalue weighted by atomic mass is 16.6. The number of carbonyl (C=O) groups excluding carboxylic acids is 1. The van der Waals surface area contributed by atoms with E-state index < -0.39 is 5.60 Å². The van der Waals surface area contributed by atoms with Gasteiger partial charge in [-0.25, -0.2) is 9.78 Å². The zero-order valence-electron chi connectivity index (χ0n) is 22.2. The van der Waals surface area contributed by atoms with Crippen molar-refractivity contribution in [2.75, 3.05) is 35.6 Å². The molecule has 1 atom stereocenters. The Kier molecular flexibility index (Phi) is 8.54. The van der Waals surface area contributed by atoms with E-state index in [1.807, 2.05) is 50.1 Å². The summed E-state index contributed by atoms with van der Waals surface area (Å²) in [6.45, 7) is 9.23. The average molecular weight is 502 g/mol. The first kappa shape index (κ1) is 26.3. The Labute approximate surface area is 220 Å². The number of likely N-dealkylation sites (tertiary alicyclic amines) is 1. The second-order valence-corrected chi connectivity index (χ2v) is 10.7. The molecule has 0 saturated carbocycles. The van der Waals surface area contributed by atoms with Gasteiger partial charge in [-0.3, -0.25) is 0 Å². The molecule has 1 fully saturated rings. The molecule has 2 aromatic carbocycles. The minimum Gasteiger partial charge on any atom is -0.444 e. The van der Waals surface area contributed by atoms with Crippen LogP contribution < -0.4 is 16.0 Å². The van der Waals surface area contributed by atoms with Gasteiger partial charge in [0.1, 0.15) is 5.60 Å². The fraction of sp³-hybridized carbons (Fsp3) is 0.400. The molecular weight excluding hydrogens is 462 g/mol. The molecule has 7 nitrogen and oxygen atoms in total. The maximum Gasteiger partial charge on any atom is 0.410 e. The molecule has 7 heteroatoms. The molecular formula is C30H39N5O2. The Morgan fingerprint density at radius 2 is 1.68 bits per heavy atom. The second-order valence-electron chi connectivity index (χ2n) is 10.7. The first-order valence-corrected chi connectivity index (χ1v) is 13.1. The van der Waals surface area contributed by atoms with E-state index in [0.717, 1.165) is 37.4 Å². The fourth-order valence-electron chi connectivity index (χ4n) is 4.66. The van der Waals surface area contributed by atoms with Gasteiger partial charge in [0.05, 0.1) is 11.4 Å². The Bertz CT molecular complexity index is 1110. The summed E-state index contributed by atoms with van der Waals surface area (Å²) in [7, 11) is 0. The number of carbonyl (C=O) groups is 1. The molecule has 1 unspecified atom stereocenters. The van der Waals surface area contributed by atoms with Crippen LogP contribution in [-0.2, 0) is 17.8 Å². The lowest BCUT2D eigenvalue weighted by molar-refractivity contribution is 0.0172. The zero-order valence-corrected chi connectivity index (χ0v) is 22.2. The van der Waals surface area contributed by atoms with E-state index in [-0.39, 0.29) is 6.09 Å². The van der Waals surface area contributed by atoms with E-state index in [1.165, 1.54) is 11.1 Å². The van der Waals surface area contributed by atoms with Gasteiger partial charge in [0, 0.05) is 38.9 Å². The van der Waals surface area contributed by atoms with Crippen LogP contribution in [0.1, 0.15) is 44.7 Å². The molecule has 2 heterocycles. The quantitative estimate of drug-likeness (QED) is 0.398. The number of rotatable bonds is 8. The van der Waals surface area contributed by atoms with Crippen LogP contribution in [0.5, 0.6) is 0 Å². The predicted octanol–water partition coefficient (Wildman–Crippen LogP) is 5.93. The molecule has 3 aromatic rings. The summed E-state index contributed by atoms with van der Waals surface area (Å²) in [6, 6.07) is 22.7. The van der Waals surface area contributed by atoms with Crippen molar-refractivity contribution in [3.63, 3.8) is 0 Å². The number of nitrogens with one attached hydrogen (secondary N) is 1.